The second-order valence-electron chi connectivity index (χ2n) is 4.34. The number of benzene rings is 1. The van der Waals surface area contributed by atoms with Crippen molar-refractivity contribution in [3.8, 4) is 0 Å². The second-order valence-corrected chi connectivity index (χ2v) is 4.34. The predicted molar refractivity (Wildman–Crippen MR) is 69.1 cm³/mol. The lowest BCUT2D eigenvalue weighted by atomic mass is 10.1. The van der Waals surface area contributed by atoms with E-state index in [1.54, 1.807) is 0 Å². The van der Waals surface area contributed by atoms with Crippen LogP contribution in [0.25, 0.3) is 0 Å². The van der Waals surface area contributed by atoms with Gasteiger partial charge in [0.05, 0.1) is 6.61 Å². The molecule has 1 atom stereocenters. The quantitative estimate of drug-likeness (QED) is 0.788. The Morgan fingerprint density at radius 2 is 2.06 bits per heavy atom. The fraction of sp³-hybridized carbons (Fsp3) is 0.538. The normalized spacial score (nSPS) is 12.6. The van der Waals surface area contributed by atoms with Gasteiger partial charge in [-0.25, -0.2) is 0 Å². The van der Waals surface area contributed by atoms with Crippen LogP contribution >= 0.6 is 0 Å². The summed E-state index contributed by atoms with van der Waals surface area (Å²) in [6, 6.07) is 6.55. The lowest BCUT2D eigenvalue weighted by Gasteiger charge is -2.26. The summed E-state index contributed by atoms with van der Waals surface area (Å²) in [6.07, 6.45) is 0. The highest BCUT2D eigenvalue weighted by Gasteiger charge is 2.10. The third-order valence-electron chi connectivity index (χ3n) is 2.89. The smallest absolute Gasteiger partial charge is 0.0601 e. The monoisotopic (exact) mass is 222 g/mol. The van der Waals surface area contributed by atoms with E-state index < -0.39 is 0 Å². The molecular weight excluding hydrogens is 200 g/mol. The summed E-state index contributed by atoms with van der Waals surface area (Å²) >= 11 is 0. The van der Waals surface area contributed by atoms with Crippen LogP contribution in [-0.2, 0) is 0 Å². The number of aryl methyl sites for hydroxylation is 2. The summed E-state index contributed by atoms with van der Waals surface area (Å²) in [5.41, 5.74) is 3.77. The first kappa shape index (κ1) is 13.0. The van der Waals surface area contributed by atoms with Gasteiger partial charge in [-0.05, 0) is 32.5 Å². The maximum Gasteiger partial charge on any atom is 0.0601 e. The number of aliphatic hydroxyl groups excluding tert-OH is 1. The number of hydrogen-bond donors (Lipinski definition) is 2. The van der Waals surface area contributed by atoms with Gasteiger partial charge in [-0.1, -0.05) is 17.7 Å². The minimum atomic E-state index is 0.116. The van der Waals surface area contributed by atoms with Crippen LogP contribution in [-0.4, -0.2) is 38.4 Å². The number of hydrogen-bond acceptors (Lipinski definition) is 3. The topological polar surface area (TPSA) is 35.5 Å². The highest BCUT2D eigenvalue weighted by atomic mass is 16.3. The van der Waals surface area contributed by atoms with Crippen molar-refractivity contribution in [2.45, 2.75) is 19.9 Å². The molecular formula is C13H22N2O. The fourth-order valence-corrected chi connectivity index (χ4v) is 1.90. The molecule has 1 rings (SSSR count). The Morgan fingerprint density at radius 1 is 1.38 bits per heavy atom. The first-order valence-corrected chi connectivity index (χ1v) is 5.65. The summed E-state index contributed by atoms with van der Waals surface area (Å²) in [7, 11) is 3.92. The molecule has 0 aliphatic carbocycles. The summed E-state index contributed by atoms with van der Waals surface area (Å²) in [5, 5.41) is 12.2. The van der Waals surface area contributed by atoms with Gasteiger partial charge in [0.1, 0.15) is 0 Å². The highest BCUT2D eigenvalue weighted by molar-refractivity contribution is 5.53. The van der Waals surface area contributed by atoms with Crippen molar-refractivity contribution in [3.05, 3.63) is 29.3 Å². The van der Waals surface area contributed by atoms with E-state index in [1.165, 1.54) is 16.8 Å². The summed E-state index contributed by atoms with van der Waals surface area (Å²) < 4.78 is 0. The molecule has 90 valence electrons. The Labute approximate surface area is 98.1 Å². The van der Waals surface area contributed by atoms with E-state index in [0.29, 0.717) is 0 Å². The summed E-state index contributed by atoms with van der Waals surface area (Å²) in [4.78, 5) is 2.17. The molecule has 3 nitrogen and oxygen atoms in total. The van der Waals surface area contributed by atoms with Gasteiger partial charge in [0.15, 0.2) is 0 Å². The van der Waals surface area contributed by atoms with Gasteiger partial charge in [0.25, 0.3) is 0 Å². The van der Waals surface area contributed by atoms with Gasteiger partial charge in [-0.15, -0.1) is 0 Å². The number of likely N-dealkylation sites (N-methyl/N-ethyl adjacent to an activating group) is 2. The first-order chi connectivity index (χ1) is 7.58. The average Bonchev–Trinajstić information content (AvgIpc) is 2.25. The molecule has 2 N–H and O–H groups in total. The van der Waals surface area contributed by atoms with E-state index >= 15 is 0 Å². The molecule has 1 aromatic rings. The molecule has 16 heavy (non-hydrogen) atoms. The molecule has 0 amide bonds. The number of aliphatic hydroxyl groups is 1. The Bertz CT molecular complexity index is 335. The van der Waals surface area contributed by atoms with E-state index in [9.17, 15) is 0 Å². The number of nitrogens with zero attached hydrogens (tertiary/aromatic N) is 1. The van der Waals surface area contributed by atoms with Gasteiger partial charge in [0.2, 0.25) is 0 Å². The molecule has 0 aliphatic rings. The van der Waals surface area contributed by atoms with Crippen LogP contribution in [0, 0.1) is 13.8 Å². The van der Waals surface area contributed by atoms with Crippen LogP contribution in [0.4, 0.5) is 5.69 Å². The van der Waals surface area contributed by atoms with Gasteiger partial charge in [0, 0.05) is 25.3 Å². The van der Waals surface area contributed by atoms with E-state index in [1.807, 2.05) is 7.05 Å². The van der Waals surface area contributed by atoms with Gasteiger partial charge in [-0.3, -0.25) is 0 Å². The molecule has 0 saturated carbocycles. The SMILES string of the molecule is CNC(CO)CN(C)c1ccc(C)cc1C. The Kier molecular flexibility index (Phi) is 4.77. The number of rotatable bonds is 5. The third kappa shape index (κ3) is 3.22. The van der Waals surface area contributed by atoms with Gasteiger partial charge < -0.3 is 15.3 Å². The molecule has 0 saturated heterocycles. The maximum atomic E-state index is 9.15. The van der Waals surface area contributed by atoms with E-state index in [4.69, 9.17) is 5.11 Å². The van der Waals surface area contributed by atoms with Crippen LogP contribution in [0.2, 0.25) is 0 Å². The number of nitrogens with one attached hydrogen (secondary N) is 1. The van der Waals surface area contributed by atoms with E-state index in [0.717, 1.165) is 6.54 Å². The lowest BCUT2D eigenvalue weighted by molar-refractivity contribution is 0.251. The average molecular weight is 222 g/mol. The standard InChI is InChI=1S/C13H22N2O/c1-10-5-6-13(11(2)7-10)15(4)8-12(9-16)14-3/h5-7,12,14,16H,8-9H2,1-4H3. The lowest BCUT2D eigenvalue weighted by Crippen LogP contribution is -2.40. The van der Waals surface area contributed by atoms with E-state index in [-0.39, 0.29) is 12.6 Å². The summed E-state index contributed by atoms with van der Waals surface area (Å²) in [5.74, 6) is 0. The molecule has 1 unspecified atom stereocenters. The summed E-state index contributed by atoms with van der Waals surface area (Å²) in [6.45, 7) is 5.18. The van der Waals surface area contributed by atoms with Crippen molar-refractivity contribution in [2.24, 2.45) is 0 Å². The van der Waals surface area contributed by atoms with Gasteiger partial charge in [-0.2, -0.15) is 0 Å². The Morgan fingerprint density at radius 3 is 2.56 bits per heavy atom. The van der Waals surface area contributed by atoms with Crippen LogP contribution in [0.1, 0.15) is 11.1 Å². The highest BCUT2D eigenvalue weighted by Crippen LogP contribution is 2.19. The van der Waals surface area contributed by atoms with Gasteiger partial charge >= 0.3 is 0 Å². The molecule has 0 radical (unpaired) electrons. The largest absolute Gasteiger partial charge is 0.395 e. The Balaban J connectivity index is 2.76. The minimum absolute atomic E-state index is 0.116. The number of anilines is 1. The molecule has 0 spiro atoms. The molecule has 0 aliphatic heterocycles. The van der Waals surface area contributed by atoms with Crippen LogP contribution in [0.15, 0.2) is 18.2 Å². The van der Waals surface area contributed by atoms with Crippen LogP contribution in [0.5, 0.6) is 0 Å². The molecule has 1 aromatic carbocycles. The zero-order valence-electron chi connectivity index (χ0n) is 10.6. The van der Waals surface area contributed by atoms with Crippen molar-refractivity contribution in [1.82, 2.24) is 5.32 Å². The van der Waals surface area contributed by atoms with Crippen molar-refractivity contribution >= 4 is 5.69 Å². The first-order valence-electron chi connectivity index (χ1n) is 5.65. The molecule has 0 aromatic heterocycles. The second kappa shape index (κ2) is 5.87. The van der Waals surface area contributed by atoms with Crippen LogP contribution in [0.3, 0.4) is 0 Å². The zero-order valence-corrected chi connectivity index (χ0v) is 10.6. The Hall–Kier alpha value is -1.06. The molecule has 3 heteroatoms. The fourth-order valence-electron chi connectivity index (χ4n) is 1.90. The van der Waals surface area contributed by atoms with Crippen molar-refractivity contribution in [2.75, 3.05) is 32.1 Å². The third-order valence-corrected chi connectivity index (χ3v) is 2.89. The van der Waals surface area contributed by atoms with Crippen LogP contribution < -0.4 is 10.2 Å². The van der Waals surface area contributed by atoms with Crippen molar-refractivity contribution in [3.63, 3.8) is 0 Å². The van der Waals surface area contributed by atoms with E-state index in [2.05, 4.69) is 49.3 Å². The van der Waals surface area contributed by atoms with Crippen molar-refractivity contribution < 1.29 is 5.11 Å². The maximum absolute atomic E-state index is 9.15. The van der Waals surface area contributed by atoms with Crippen molar-refractivity contribution in [1.29, 1.82) is 0 Å². The molecule has 0 heterocycles. The molecule has 0 bridgehead atoms. The molecule has 0 fully saturated rings. The minimum Gasteiger partial charge on any atom is -0.395 e. The zero-order chi connectivity index (χ0) is 12.1. The predicted octanol–water partition coefficient (Wildman–Crippen LogP) is 1.32.